The smallest absolute Gasteiger partial charge is 0.0317 e. The summed E-state index contributed by atoms with van der Waals surface area (Å²) >= 11 is 0. The van der Waals surface area contributed by atoms with Crippen LogP contribution in [0.5, 0.6) is 0 Å². The molecule has 0 saturated carbocycles. The molecule has 0 bridgehead atoms. The predicted molar refractivity (Wildman–Crippen MR) is 64.7 cm³/mol. The van der Waals surface area contributed by atoms with E-state index in [2.05, 4.69) is 30.9 Å². The quantitative estimate of drug-likeness (QED) is 0.749. The summed E-state index contributed by atoms with van der Waals surface area (Å²) in [4.78, 5) is 2.52. The predicted octanol–water partition coefficient (Wildman–Crippen LogP) is 2.28. The van der Waals surface area contributed by atoms with E-state index >= 15 is 0 Å². The van der Waals surface area contributed by atoms with Gasteiger partial charge in [-0.1, -0.05) is 19.9 Å². The van der Waals surface area contributed by atoms with Crippen LogP contribution in [-0.2, 0) is 13.0 Å². The molecule has 2 heteroatoms. The third-order valence-corrected chi connectivity index (χ3v) is 2.94. The largest absolute Gasteiger partial charge is 0.399 e. The van der Waals surface area contributed by atoms with Crippen LogP contribution < -0.4 is 5.73 Å². The first-order chi connectivity index (χ1) is 7.15. The number of nitrogens with two attached hydrogens (primary N) is 1. The SMILES string of the molecule is CC(C)CN1CCc2ccc(N)cc2C1. The molecule has 0 aliphatic carbocycles. The highest BCUT2D eigenvalue weighted by atomic mass is 15.1. The zero-order valence-corrected chi connectivity index (χ0v) is 9.66. The fourth-order valence-corrected chi connectivity index (χ4v) is 2.31. The maximum atomic E-state index is 5.81. The highest BCUT2D eigenvalue weighted by Gasteiger charge is 2.16. The van der Waals surface area contributed by atoms with Crippen LogP contribution in [0.25, 0.3) is 0 Å². The maximum Gasteiger partial charge on any atom is 0.0317 e. The lowest BCUT2D eigenvalue weighted by atomic mass is 9.98. The fourth-order valence-electron chi connectivity index (χ4n) is 2.31. The van der Waals surface area contributed by atoms with Crippen LogP contribution in [0.15, 0.2) is 18.2 Å². The summed E-state index contributed by atoms with van der Waals surface area (Å²) in [5.41, 5.74) is 9.59. The Morgan fingerprint density at radius 3 is 2.87 bits per heavy atom. The molecule has 0 atom stereocenters. The molecule has 15 heavy (non-hydrogen) atoms. The average Bonchev–Trinajstić information content (AvgIpc) is 2.16. The lowest BCUT2D eigenvalue weighted by Crippen LogP contribution is -2.33. The number of fused-ring (bicyclic) bond motifs is 1. The van der Waals surface area contributed by atoms with E-state index in [1.54, 1.807) is 0 Å². The van der Waals surface area contributed by atoms with E-state index in [4.69, 9.17) is 5.73 Å². The molecule has 82 valence electrons. The van der Waals surface area contributed by atoms with E-state index in [9.17, 15) is 0 Å². The van der Waals surface area contributed by atoms with E-state index in [1.165, 1.54) is 30.6 Å². The number of nitrogens with zero attached hydrogens (tertiary/aromatic N) is 1. The third kappa shape index (κ3) is 2.51. The van der Waals surface area contributed by atoms with Gasteiger partial charge in [-0.15, -0.1) is 0 Å². The first kappa shape index (κ1) is 10.5. The number of benzene rings is 1. The van der Waals surface area contributed by atoms with Crippen molar-refractivity contribution in [1.82, 2.24) is 4.90 Å². The van der Waals surface area contributed by atoms with Gasteiger partial charge in [-0.3, -0.25) is 4.90 Å². The van der Waals surface area contributed by atoms with Crippen molar-refractivity contribution >= 4 is 5.69 Å². The van der Waals surface area contributed by atoms with Gasteiger partial charge in [0.1, 0.15) is 0 Å². The molecule has 2 rings (SSSR count). The lowest BCUT2D eigenvalue weighted by Gasteiger charge is -2.30. The van der Waals surface area contributed by atoms with Crippen LogP contribution in [0.3, 0.4) is 0 Å². The molecule has 0 amide bonds. The van der Waals surface area contributed by atoms with Gasteiger partial charge in [0.05, 0.1) is 0 Å². The highest BCUT2D eigenvalue weighted by Crippen LogP contribution is 2.21. The number of rotatable bonds is 2. The molecule has 0 aromatic heterocycles. The number of anilines is 1. The monoisotopic (exact) mass is 204 g/mol. The zero-order chi connectivity index (χ0) is 10.8. The van der Waals surface area contributed by atoms with E-state index < -0.39 is 0 Å². The first-order valence-electron chi connectivity index (χ1n) is 5.75. The number of hydrogen-bond acceptors (Lipinski definition) is 2. The molecule has 0 unspecified atom stereocenters. The van der Waals surface area contributed by atoms with Gasteiger partial charge in [-0.2, -0.15) is 0 Å². The molecule has 1 heterocycles. The minimum Gasteiger partial charge on any atom is -0.399 e. The second kappa shape index (κ2) is 4.23. The van der Waals surface area contributed by atoms with Crippen molar-refractivity contribution in [3.8, 4) is 0 Å². The first-order valence-corrected chi connectivity index (χ1v) is 5.75. The standard InChI is InChI=1S/C13H20N2/c1-10(2)8-15-6-5-11-3-4-13(14)7-12(11)9-15/h3-4,7,10H,5-6,8-9,14H2,1-2H3. The van der Waals surface area contributed by atoms with Crippen LogP contribution in [0.4, 0.5) is 5.69 Å². The van der Waals surface area contributed by atoms with Gasteiger partial charge in [0.25, 0.3) is 0 Å². The minimum absolute atomic E-state index is 0.743. The Labute approximate surface area is 92.1 Å². The van der Waals surface area contributed by atoms with Crippen molar-refractivity contribution < 1.29 is 0 Å². The van der Waals surface area contributed by atoms with E-state index in [0.717, 1.165) is 18.2 Å². The van der Waals surface area contributed by atoms with Crippen LogP contribution in [0, 0.1) is 5.92 Å². The highest BCUT2D eigenvalue weighted by molar-refractivity contribution is 5.45. The zero-order valence-electron chi connectivity index (χ0n) is 9.66. The minimum atomic E-state index is 0.743. The normalized spacial score (nSPS) is 16.7. The Bertz CT molecular complexity index is 344. The Balaban J connectivity index is 2.11. The Kier molecular flexibility index (Phi) is 2.96. The summed E-state index contributed by atoms with van der Waals surface area (Å²) in [5, 5.41) is 0. The number of nitrogen functional groups attached to an aromatic ring is 1. The maximum absolute atomic E-state index is 5.81. The second-order valence-electron chi connectivity index (χ2n) is 4.91. The van der Waals surface area contributed by atoms with Crippen molar-refractivity contribution in [2.75, 3.05) is 18.8 Å². The van der Waals surface area contributed by atoms with Crippen molar-refractivity contribution in [3.05, 3.63) is 29.3 Å². The van der Waals surface area contributed by atoms with Crippen molar-refractivity contribution in [2.24, 2.45) is 5.92 Å². The van der Waals surface area contributed by atoms with E-state index in [0.29, 0.717) is 0 Å². The molecule has 0 saturated heterocycles. The molecule has 1 aromatic carbocycles. The topological polar surface area (TPSA) is 29.3 Å². The summed E-state index contributed by atoms with van der Waals surface area (Å²) in [6.07, 6.45) is 1.17. The Hall–Kier alpha value is -1.02. The van der Waals surface area contributed by atoms with Gasteiger partial charge in [-0.05, 0) is 35.6 Å². The van der Waals surface area contributed by atoms with Gasteiger partial charge >= 0.3 is 0 Å². The lowest BCUT2D eigenvalue weighted by molar-refractivity contribution is 0.226. The van der Waals surface area contributed by atoms with Crippen LogP contribution in [0.2, 0.25) is 0 Å². The third-order valence-electron chi connectivity index (χ3n) is 2.94. The van der Waals surface area contributed by atoms with Crippen LogP contribution in [-0.4, -0.2) is 18.0 Å². The average molecular weight is 204 g/mol. The number of hydrogen-bond donors (Lipinski definition) is 1. The van der Waals surface area contributed by atoms with Crippen LogP contribution in [0.1, 0.15) is 25.0 Å². The van der Waals surface area contributed by atoms with E-state index in [-0.39, 0.29) is 0 Å². The van der Waals surface area contributed by atoms with Crippen molar-refractivity contribution in [2.45, 2.75) is 26.8 Å². The summed E-state index contributed by atoms with van der Waals surface area (Å²) in [5.74, 6) is 0.743. The van der Waals surface area contributed by atoms with Crippen molar-refractivity contribution in [1.29, 1.82) is 0 Å². The summed E-state index contributed by atoms with van der Waals surface area (Å²) in [6.45, 7) is 7.99. The Morgan fingerprint density at radius 2 is 2.13 bits per heavy atom. The van der Waals surface area contributed by atoms with Gasteiger partial charge in [0.2, 0.25) is 0 Å². The van der Waals surface area contributed by atoms with Crippen LogP contribution >= 0.6 is 0 Å². The van der Waals surface area contributed by atoms with Crippen molar-refractivity contribution in [3.63, 3.8) is 0 Å². The molecular formula is C13H20N2. The molecule has 2 nitrogen and oxygen atoms in total. The molecule has 1 aromatic rings. The summed E-state index contributed by atoms with van der Waals surface area (Å²) < 4.78 is 0. The molecule has 0 radical (unpaired) electrons. The second-order valence-corrected chi connectivity index (χ2v) is 4.91. The molecule has 2 N–H and O–H groups in total. The van der Waals surface area contributed by atoms with Gasteiger partial charge in [0.15, 0.2) is 0 Å². The molecular weight excluding hydrogens is 184 g/mol. The molecule has 1 aliphatic heterocycles. The van der Waals surface area contributed by atoms with Gasteiger partial charge in [-0.25, -0.2) is 0 Å². The van der Waals surface area contributed by atoms with Gasteiger partial charge < -0.3 is 5.73 Å². The van der Waals surface area contributed by atoms with E-state index in [1.807, 2.05) is 6.07 Å². The molecule has 1 aliphatic rings. The fraction of sp³-hybridized carbons (Fsp3) is 0.538. The summed E-state index contributed by atoms with van der Waals surface area (Å²) in [7, 11) is 0. The summed E-state index contributed by atoms with van der Waals surface area (Å²) in [6, 6.07) is 6.32. The Morgan fingerprint density at radius 1 is 1.33 bits per heavy atom. The molecule has 0 fully saturated rings. The molecule has 0 spiro atoms. The van der Waals surface area contributed by atoms with Gasteiger partial charge in [0, 0.05) is 25.3 Å².